The van der Waals surface area contributed by atoms with Gasteiger partial charge < -0.3 is 10.5 Å². The molecule has 0 unspecified atom stereocenters. The lowest BCUT2D eigenvalue weighted by atomic mass is 10.2. The average molecular weight is 398 g/mol. The monoisotopic (exact) mass is 397 g/mol. The van der Waals surface area contributed by atoms with Crippen LogP contribution in [0.3, 0.4) is 0 Å². The van der Waals surface area contributed by atoms with E-state index in [1.54, 1.807) is 6.07 Å². The predicted molar refractivity (Wildman–Crippen MR) is 108 cm³/mol. The third-order valence-corrected chi connectivity index (χ3v) is 5.12. The molecule has 27 heavy (non-hydrogen) atoms. The first kappa shape index (κ1) is 17.5. The van der Waals surface area contributed by atoms with Crippen molar-refractivity contribution in [2.75, 3.05) is 12.3 Å². The molecular weight excluding hydrogens is 382 g/mol. The molecule has 0 spiro atoms. The molecular formula is C19H16ClN5OS. The fourth-order valence-corrected chi connectivity index (χ4v) is 3.68. The second-order valence-corrected chi connectivity index (χ2v) is 6.95. The molecule has 6 nitrogen and oxygen atoms in total. The Hall–Kier alpha value is -2.90. The molecule has 0 bridgehead atoms. The van der Waals surface area contributed by atoms with Gasteiger partial charge in [0, 0.05) is 10.9 Å². The SMILES string of the molecule is CCOc1ccc(-c2csc(-c3nnn(-c4ccccc4Cl)c3N)n2)cc1. The number of thiazole rings is 1. The van der Waals surface area contributed by atoms with Crippen LogP contribution >= 0.6 is 22.9 Å². The van der Waals surface area contributed by atoms with Crippen LogP contribution in [0.25, 0.3) is 27.6 Å². The number of nitrogens with two attached hydrogens (primary N) is 1. The van der Waals surface area contributed by atoms with Crippen LogP contribution in [-0.2, 0) is 0 Å². The highest BCUT2D eigenvalue weighted by Gasteiger charge is 2.18. The third kappa shape index (κ3) is 3.39. The van der Waals surface area contributed by atoms with Crippen LogP contribution in [0, 0.1) is 0 Å². The lowest BCUT2D eigenvalue weighted by Gasteiger charge is -2.04. The van der Waals surface area contributed by atoms with Gasteiger partial charge in [-0.15, -0.1) is 16.4 Å². The maximum Gasteiger partial charge on any atom is 0.165 e. The summed E-state index contributed by atoms with van der Waals surface area (Å²) in [6.07, 6.45) is 0. The van der Waals surface area contributed by atoms with Crippen LogP contribution in [0.1, 0.15) is 6.92 Å². The highest BCUT2D eigenvalue weighted by molar-refractivity contribution is 7.13. The maximum atomic E-state index is 6.27. The summed E-state index contributed by atoms with van der Waals surface area (Å²) in [5, 5.41) is 11.6. The van der Waals surface area contributed by atoms with Gasteiger partial charge in [-0.3, -0.25) is 0 Å². The number of hydrogen-bond acceptors (Lipinski definition) is 6. The van der Waals surface area contributed by atoms with Crippen LogP contribution in [0.4, 0.5) is 5.82 Å². The van der Waals surface area contributed by atoms with E-state index in [0.29, 0.717) is 33.8 Å². The topological polar surface area (TPSA) is 78.9 Å². The average Bonchev–Trinajstić information content (AvgIpc) is 3.30. The molecule has 136 valence electrons. The zero-order valence-electron chi connectivity index (χ0n) is 14.5. The van der Waals surface area contributed by atoms with Gasteiger partial charge in [-0.1, -0.05) is 28.9 Å². The molecule has 0 aliphatic heterocycles. The summed E-state index contributed by atoms with van der Waals surface area (Å²) in [5.74, 6) is 1.24. The Labute approximate surface area is 165 Å². The van der Waals surface area contributed by atoms with E-state index in [2.05, 4.69) is 15.3 Å². The maximum absolute atomic E-state index is 6.27. The van der Waals surface area contributed by atoms with Gasteiger partial charge in [-0.05, 0) is 43.3 Å². The van der Waals surface area contributed by atoms with E-state index in [1.807, 2.05) is 54.8 Å². The first-order valence-corrected chi connectivity index (χ1v) is 9.58. The molecule has 0 saturated heterocycles. The second-order valence-electron chi connectivity index (χ2n) is 5.68. The minimum absolute atomic E-state index is 0.399. The lowest BCUT2D eigenvalue weighted by molar-refractivity contribution is 0.340. The van der Waals surface area contributed by atoms with Crippen molar-refractivity contribution in [2.45, 2.75) is 6.92 Å². The Balaban J connectivity index is 1.65. The molecule has 2 heterocycles. The second kappa shape index (κ2) is 7.38. The zero-order valence-corrected chi connectivity index (χ0v) is 16.0. The molecule has 0 aliphatic carbocycles. The molecule has 0 amide bonds. The highest BCUT2D eigenvalue weighted by Crippen LogP contribution is 2.33. The minimum atomic E-state index is 0.399. The number of halogens is 1. The highest BCUT2D eigenvalue weighted by atomic mass is 35.5. The van der Waals surface area contributed by atoms with E-state index in [1.165, 1.54) is 16.0 Å². The fraction of sp³-hybridized carbons (Fsp3) is 0.105. The number of ether oxygens (including phenoxy) is 1. The third-order valence-electron chi connectivity index (χ3n) is 3.95. The zero-order chi connectivity index (χ0) is 18.8. The van der Waals surface area contributed by atoms with Gasteiger partial charge in [0.25, 0.3) is 0 Å². The quantitative estimate of drug-likeness (QED) is 0.528. The predicted octanol–water partition coefficient (Wildman–Crippen LogP) is 4.69. The van der Waals surface area contributed by atoms with Gasteiger partial charge in [0.1, 0.15) is 10.8 Å². The number of aromatic nitrogens is 4. The van der Waals surface area contributed by atoms with E-state index in [9.17, 15) is 0 Å². The lowest BCUT2D eigenvalue weighted by Crippen LogP contribution is -2.02. The molecule has 8 heteroatoms. The first-order valence-electron chi connectivity index (χ1n) is 8.32. The van der Waals surface area contributed by atoms with E-state index in [0.717, 1.165) is 17.0 Å². The van der Waals surface area contributed by atoms with Crippen molar-refractivity contribution in [1.82, 2.24) is 20.0 Å². The van der Waals surface area contributed by atoms with Crippen molar-refractivity contribution in [3.8, 4) is 33.4 Å². The molecule has 0 fully saturated rings. The summed E-state index contributed by atoms with van der Waals surface area (Å²) in [6.45, 7) is 2.60. The van der Waals surface area contributed by atoms with Crippen LogP contribution in [0.2, 0.25) is 5.02 Å². The standard InChI is InChI=1S/C19H16ClN5OS/c1-2-26-13-9-7-12(8-10-13)15-11-27-19(22-15)17-18(21)25(24-23-17)16-6-4-3-5-14(16)20/h3-11H,2,21H2,1H3. The molecule has 2 N–H and O–H groups in total. The fourth-order valence-electron chi connectivity index (χ4n) is 2.65. The van der Waals surface area contributed by atoms with Crippen molar-refractivity contribution in [2.24, 2.45) is 0 Å². The van der Waals surface area contributed by atoms with Crippen molar-refractivity contribution in [1.29, 1.82) is 0 Å². The molecule has 0 saturated carbocycles. The number of anilines is 1. The van der Waals surface area contributed by atoms with E-state index >= 15 is 0 Å². The summed E-state index contributed by atoms with van der Waals surface area (Å²) in [7, 11) is 0. The van der Waals surface area contributed by atoms with Crippen LogP contribution in [-0.4, -0.2) is 26.6 Å². The number of hydrogen-bond donors (Lipinski definition) is 1. The summed E-state index contributed by atoms with van der Waals surface area (Å²) in [5.41, 5.74) is 9.33. The first-order chi connectivity index (χ1) is 13.2. The Morgan fingerprint density at radius 3 is 2.67 bits per heavy atom. The van der Waals surface area contributed by atoms with Crippen molar-refractivity contribution in [3.05, 3.63) is 58.9 Å². The van der Waals surface area contributed by atoms with Crippen LogP contribution in [0.15, 0.2) is 53.9 Å². The Morgan fingerprint density at radius 2 is 1.93 bits per heavy atom. The smallest absolute Gasteiger partial charge is 0.165 e. The van der Waals surface area contributed by atoms with Crippen molar-refractivity contribution >= 4 is 28.8 Å². The largest absolute Gasteiger partial charge is 0.494 e. The Bertz CT molecular complexity index is 1070. The van der Waals surface area contributed by atoms with Gasteiger partial charge in [0.05, 0.1) is 23.0 Å². The summed E-state index contributed by atoms with van der Waals surface area (Å²) in [6, 6.07) is 15.2. The number of benzene rings is 2. The van der Waals surface area contributed by atoms with E-state index < -0.39 is 0 Å². The Morgan fingerprint density at radius 1 is 1.15 bits per heavy atom. The number of nitrogens with zero attached hydrogens (tertiary/aromatic N) is 4. The number of nitrogen functional groups attached to an aromatic ring is 1. The van der Waals surface area contributed by atoms with E-state index in [-0.39, 0.29) is 0 Å². The molecule has 0 atom stereocenters. The molecule has 2 aromatic carbocycles. The van der Waals surface area contributed by atoms with Crippen molar-refractivity contribution < 1.29 is 4.74 Å². The van der Waals surface area contributed by atoms with Crippen molar-refractivity contribution in [3.63, 3.8) is 0 Å². The number of para-hydroxylation sites is 1. The molecule has 0 radical (unpaired) electrons. The van der Waals surface area contributed by atoms with Crippen LogP contribution in [0.5, 0.6) is 5.75 Å². The summed E-state index contributed by atoms with van der Waals surface area (Å²) < 4.78 is 7.00. The van der Waals surface area contributed by atoms with Gasteiger partial charge >= 0.3 is 0 Å². The number of rotatable bonds is 5. The van der Waals surface area contributed by atoms with Gasteiger partial charge in [-0.25, -0.2) is 4.98 Å². The minimum Gasteiger partial charge on any atom is -0.494 e. The van der Waals surface area contributed by atoms with E-state index in [4.69, 9.17) is 22.1 Å². The molecule has 0 aliphatic rings. The Kier molecular flexibility index (Phi) is 4.79. The normalized spacial score (nSPS) is 10.9. The van der Waals surface area contributed by atoms with Gasteiger partial charge in [-0.2, -0.15) is 4.68 Å². The summed E-state index contributed by atoms with van der Waals surface area (Å²) in [4.78, 5) is 4.67. The summed E-state index contributed by atoms with van der Waals surface area (Å²) >= 11 is 7.71. The van der Waals surface area contributed by atoms with Crippen LogP contribution < -0.4 is 10.5 Å². The van der Waals surface area contributed by atoms with Gasteiger partial charge in [0.2, 0.25) is 0 Å². The molecule has 2 aromatic heterocycles. The van der Waals surface area contributed by atoms with Gasteiger partial charge in [0.15, 0.2) is 11.5 Å². The molecule has 4 aromatic rings. The molecule has 4 rings (SSSR count).